The van der Waals surface area contributed by atoms with Crippen molar-refractivity contribution in [3.63, 3.8) is 0 Å². The van der Waals surface area contributed by atoms with Gasteiger partial charge in [-0.3, -0.25) is 4.72 Å². The van der Waals surface area contributed by atoms with Gasteiger partial charge >= 0.3 is 10.2 Å². The zero-order valence-electron chi connectivity index (χ0n) is 10.7. The minimum absolute atomic E-state index is 0.138. The van der Waals surface area contributed by atoms with E-state index in [0.29, 0.717) is 24.3 Å². The van der Waals surface area contributed by atoms with Crippen molar-refractivity contribution in [1.82, 2.24) is 4.31 Å². The van der Waals surface area contributed by atoms with Crippen molar-refractivity contribution in [3.05, 3.63) is 28.2 Å². The van der Waals surface area contributed by atoms with Crippen molar-refractivity contribution in [2.75, 3.05) is 17.8 Å². The number of thiocarbonyl (C=S) groups is 1. The summed E-state index contributed by atoms with van der Waals surface area (Å²) < 4.78 is 28.9. The molecule has 0 unspecified atom stereocenters. The van der Waals surface area contributed by atoms with Crippen molar-refractivity contribution in [2.45, 2.75) is 13.8 Å². The van der Waals surface area contributed by atoms with Crippen LogP contribution in [-0.2, 0) is 10.2 Å². The summed E-state index contributed by atoms with van der Waals surface area (Å²) in [6.45, 7) is 4.34. The van der Waals surface area contributed by atoms with E-state index >= 15 is 0 Å². The quantitative estimate of drug-likeness (QED) is 0.756. The van der Waals surface area contributed by atoms with E-state index in [1.54, 1.807) is 32.0 Å². The Balaban J connectivity index is 3.16. The van der Waals surface area contributed by atoms with E-state index in [4.69, 9.17) is 18.0 Å². The van der Waals surface area contributed by atoms with Gasteiger partial charge in [-0.15, -0.1) is 0 Å². The Kier molecular flexibility index (Phi) is 5.72. The monoisotopic (exact) mass is 365 g/mol. The third-order valence-corrected chi connectivity index (χ3v) is 4.92. The summed E-state index contributed by atoms with van der Waals surface area (Å²) in [6, 6.07) is 5.03. The number of hydrogen-bond acceptors (Lipinski definition) is 3. The third kappa shape index (κ3) is 4.13. The first-order chi connectivity index (χ1) is 8.81. The van der Waals surface area contributed by atoms with Crippen LogP contribution < -0.4 is 10.5 Å². The zero-order valence-corrected chi connectivity index (χ0v) is 13.9. The van der Waals surface area contributed by atoms with Gasteiger partial charge < -0.3 is 5.73 Å². The molecule has 0 aromatic heterocycles. The lowest BCUT2D eigenvalue weighted by molar-refractivity contribution is 0.449. The van der Waals surface area contributed by atoms with Crippen LogP contribution in [0.3, 0.4) is 0 Å². The Morgan fingerprint density at radius 3 is 2.47 bits per heavy atom. The second-order valence-electron chi connectivity index (χ2n) is 3.75. The number of halogens is 1. The number of nitrogens with zero attached hydrogens (tertiary/aromatic N) is 1. The summed E-state index contributed by atoms with van der Waals surface area (Å²) in [7, 11) is -3.59. The molecule has 0 aliphatic carbocycles. The SMILES string of the molecule is CCN(CC)S(=O)(=O)Nc1ccc(Br)cc1C(N)=S. The van der Waals surface area contributed by atoms with Gasteiger partial charge in [0, 0.05) is 23.1 Å². The van der Waals surface area contributed by atoms with Crippen LogP contribution >= 0.6 is 28.1 Å². The van der Waals surface area contributed by atoms with Crippen molar-refractivity contribution >= 4 is 49.0 Å². The van der Waals surface area contributed by atoms with Gasteiger partial charge in [0.05, 0.1) is 5.69 Å². The topological polar surface area (TPSA) is 75.4 Å². The lowest BCUT2D eigenvalue weighted by atomic mass is 10.2. The smallest absolute Gasteiger partial charge is 0.301 e. The largest absolute Gasteiger partial charge is 0.389 e. The average Bonchev–Trinajstić information content (AvgIpc) is 2.32. The Morgan fingerprint density at radius 1 is 1.42 bits per heavy atom. The number of anilines is 1. The molecule has 0 saturated carbocycles. The van der Waals surface area contributed by atoms with Crippen LogP contribution in [0.25, 0.3) is 0 Å². The summed E-state index contributed by atoms with van der Waals surface area (Å²) in [4.78, 5) is 0.138. The number of nitrogens with one attached hydrogen (secondary N) is 1. The molecule has 0 aliphatic heterocycles. The van der Waals surface area contributed by atoms with E-state index in [2.05, 4.69) is 20.7 Å². The van der Waals surface area contributed by atoms with E-state index < -0.39 is 10.2 Å². The standard InChI is InChI=1S/C11H16BrN3O2S2/c1-3-15(4-2)19(16,17)14-10-6-5-8(12)7-9(10)11(13)18/h5-7,14H,3-4H2,1-2H3,(H2,13,18). The number of benzene rings is 1. The molecule has 1 aromatic carbocycles. The van der Waals surface area contributed by atoms with Crippen LogP contribution in [0.4, 0.5) is 5.69 Å². The highest BCUT2D eigenvalue weighted by atomic mass is 79.9. The van der Waals surface area contributed by atoms with Crippen LogP contribution in [0, 0.1) is 0 Å². The molecule has 5 nitrogen and oxygen atoms in total. The van der Waals surface area contributed by atoms with E-state index in [9.17, 15) is 8.42 Å². The molecule has 19 heavy (non-hydrogen) atoms. The Labute approximate surface area is 127 Å². The molecular formula is C11H16BrN3O2S2. The summed E-state index contributed by atoms with van der Waals surface area (Å²) in [5.41, 5.74) is 6.47. The molecule has 0 saturated heterocycles. The fraction of sp³-hybridized carbons (Fsp3) is 0.364. The molecule has 0 spiro atoms. The van der Waals surface area contributed by atoms with Gasteiger partial charge in [0.25, 0.3) is 0 Å². The predicted octanol–water partition coefficient (Wildman–Crippen LogP) is 2.08. The maximum absolute atomic E-state index is 12.1. The van der Waals surface area contributed by atoms with Crippen molar-refractivity contribution in [3.8, 4) is 0 Å². The lowest BCUT2D eigenvalue weighted by Gasteiger charge is -2.20. The zero-order chi connectivity index (χ0) is 14.6. The van der Waals surface area contributed by atoms with Gasteiger partial charge in [0.2, 0.25) is 0 Å². The second kappa shape index (κ2) is 6.65. The molecule has 0 amide bonds. The van der Waals surface area contributed by atoms with Gasteiger partial charge in [-0.05, 0) is 18.2 Å². The van der Waals surface area contributed by atoms with Crippen LogP contribution in [0.2, 0.25) is 0 Å². The molecule has 106 valence electrons. The molecule has 0 radical (unpaired) electrons. The predicted molar refractivity (Wildman–Crippen MR) is 85.5 cm³/mol. The summed E-state index contributed by atoms with van der Waals surface area (Å²) >= 11 is 8.23. The van der Waals surface area contributed by atoms with Gasteiger partial charge in [-0.2, -0.15) is 12.7 Å². The minimum atomic E-state index is -3.59. The number of nitrogens with two attached hydrogens (primary N) is 1. The molecule has 0 fully saturated rings. The third-order valence-electron chi connectivity index (χ3n) is 2.53. The fourth-order valence-electron chi connectivity index (χ4n) is 1.58. The molecule has 0 atom stereocenters. The van der Waals surface area contributed by atoms with Crippen molar-refractivity contribution in [2.24, 2.45) is 5.73 Å². The fourth-order valence-corrected chi connectivity index (χ4v) is 3.37. The normalized spacial score (nSPS) is 11.6. The molecule has 3 N–H and O–H groups in total. The van der Waals surface area contributed by atoms with Crippen LogP contribution in [-0.4, -0.2) is 30.8 Å². The van der Waals surface area contributed by atoms with Gasteiger partial charge in [-0.25, -0.2) is 0 Å². The molecule has 0 bridgehead atoms. The van der Waals surface area contributed by atoms with E-state index in [1.807, 2.05) is 0 Å². The van der Waals surface area contributed by atoms with Gasteiger partial charge in [0.15, 0.2) is 0 Å². The van der Waals surface area contributed by atoms with Crippen LogP contribution in [0.15, 0.2) is 22.7 Å². The average molecular weight is 366 g/mol. The molecule has 8 heteroatoms. The summed E-state index contributed by atoms with van der Waals surface area (Å²) in [6.07, 6.45) is 0. The first-order valence-corrected chi connectivity index (χ1v) is 8.33. The molecule has 0 heterocycles. The lowest BCUT2D eigenvalue weighted by Crippen LogP contribution is -2.36. The number of hydrogen-bond donors (Lipinski definition) is 2. The van der Waals surface area contributed by atoms with Crippen molar-refractivity contribution in [1.29, 1.82) is 0 Å². The molecule has 0 aliphatic rings. The van der Waals surface area contributed by atoms with E-state index in [1.165, 1.54) is 4.31 Å². The first kappa shape index (κ1) is 16.4. The molecular weight excluding hydrogens is 350 g/mol. The number of rotatable bonds is 6. The maximum Gasteiger partial charge on any atom is 0.301 e. The summed E-state index contributed by atoms with van der Waals surface area (Å²) in [5.74, 6) is 0. The molecule has 1 aromatic rings. The van der Waals surface area contributed by atoms with Crippen LogP contribution in [0.1, 0.15) is 19.4 Å². The summed E-state index contributed by atoms with van der Waals surface area (Å²) in [5, 5.41) is 0. The van der Waals surface area contributed by atoms with Gasteiger partial charge in [-0.1, -0.05) is 42.0 Å². The van der Waals surface area contributed by atoms with Gasteiger partial charge in [0.1, 0.15) is 4.99 Å². The Morgan fingerprint density at radius 2 is 2.00 bits per heavy atom. The first-order valence-electron chi connectivity index (χ1n) is 5.69. The Hall–Kier alpha value is -0.700. The van der Waals surface area contributed by atoms with Crippen molar-refractivity contribution < 1.29 is 8.42 Å². The van der Waals surface area contributed by atoms with E-state index in [-0.39, 0.29) is 4.99 Å². The van der Waals surface area contributed by atoms with E-state index in [0.717, 1.165) is 4.47 Å². The highest BCUT2D eigenvalue weighted by molar-refractivity contribution is 9.10. The second-order valence-corrected chi connectivity index (χ2v) is 6.77. The maximum atomic E-state index is 12.1. The Bertz CT molecular complexity index is 571. The minimum Gasteiger partial charge on any atom is -0.389 e. The van der Waals surface area contributed by atoms with Crippen LogP contribution in [0.5, 0.6) is 0 Å². The highest BCUT2D eigenvalue weighted by Crippen LogP contribution is 2.22. The highest BCUT2D eigenvalue weighted by Gasteiger charge is 2.20. The molecule has 1 rings (SSSR count).